The molecule has 4 rings (SSSR count). The number of nitrogen functional groups attached to an aromatic ring is 1. The van der Waals surface area contributed by atoms with Gasteiger partial charge in [-0.15, -0.1) is 0 Å². The first kappa shape index (κ1) is 16.6. The van der Waals surface area contributed by atoms with Gasteiger partial charge in [0.2, 0.25) is 0 Å². The number of benzene rings is 1. The molecule has 0 unspecified atom stereocenters. The minimum absolute atomic E-state index is 0.143. The van der Waals surface area contributed by atoms with Crippen LogP contribution < -0.4 is 11.5 Å². The average Bonchev–Trinajstić information content (AvgIpc) is 3.27. The number of imidazole rings is 1. The summed E-state index contributed by atoms with van der Waals surface area (Å²) in [4.78, 5) is 16.7. The van der Waals surface area contributed by atoms with Gasteiger partial charge in [0.1, 0.15) is 11.3 Å². The van der Waals surface area contributed by atoms with Crippen molar-refractivity contribution >= 4 is 17.2 Å². The molecule has 1 amide bonds. The maximum absolute atomic E-state index is 12.2. The summed E-state index contributed by atoms with van der Waals surface area (Å²) in [5.41, 5.74) is 17.1. The van der Waals surface area contributed by atoms with Crippen molar-refractivity contribution in [3.05, 3.63) is 53.6 Å². The van der Waals surface area contributed by atoms with Crippen LogP contribution >= 0.6 is 0 Å². The highest BCUT2D eigenvalue weighted by Crippen LogP contribution is 2.38. The third-order valence-electron chi connectivity index (χ3n) is 4.74. The topological polar surface area (TPSA) is 135 Å². The molecule has 0 saturated carbocycles. The summed E-state index contributed by atoms with van der Waals surface area (Å²) in [6.07, 6.45) is 6.92. The lowest BCUT2D eigenvalue weighted by atomic mass is 9.93. The van der Waals surface area contributed by atoms with Crippen molar-refractivity contribution in [2.75, 3.05) is 5.73 Å². The molecule has 0 aliphatic rings. The van der Waals surface area contributed by atoms with Crippen molar-refractivity contribution in [2.45, 2.75) is 13.8 Å². The fourth-order valence-corrected chi connectivity index (χ4v) is 3.36. The highest BCUT2D eigenvalue weighted by Gasteiger charge is 2.22. The number of carbonyl (C=O) groups excluding carboxylic acids is 1. The number of phenolic OH excluding ortho intramolecular Hbond substituents is 1. The Hall–Kier alpha value is -3.81. The lowest BCUT2D eigenvalue weighted by molar-refractivity contribution is 0.100. The largest absolute Gasteiger partial charge is 0.508 e. The van der Waals surface area contributed by atoms with E-state index in [9.17, 15) is 9.90 Å². The van der Waals surface area contributed by atoms with Gasteiger partial charge in [0.05, 0.1) is 17.6 Å². The van der Waals surface area contributed by atoms with E-state index in [0.717, 1.165) is 16.7 Å². The van der Waals surface area contributed by atoms with Crippen LogP contribution in [0.2, 0.25) is 0 Å². The Balaban J connectivity index is 2.08. The number of nitrogens with one attached hydrogen (secondary N) is 1. The minimum atomic E-state index is -0.667. The average molecular weight is 362 g/mol. The van der Waals surface area contributed by atoms with Gasteiger partial charge in [-0.05, 0) is 36.6 Å². The summed E-state index contributed by atoms with van der Waals surface area (Å²) in [7, 11) is 0. The van der Waals surface area contributed by atoms with Gasteiger partial charge in [-0.2, -0.15) is 5.10 Å². The minimum Gasteiger partial charge on any atom is -0.508 e. The number of H-pyrrole nitrogens is 1. The Morgan fingerprint density at radius 2 is 2.04 bits per heavy atom. The fraction of sp³-hybridized carbons (Fsp3) is 0.105. The summed E-state index contributed by atoms with van der Waals surface area (Å²) in [6.45, 7) is 3.72. The Morgan fingerprint density at radius 3 is 2.70 bits per heavy atom. The smallest absolute Gasteiger partial charge is 0.254 e. The number of rotatable bonds is 3. The number of phenols is 1. The molecular weight excluding hydrogens is 344 g/mol. The Labute approximate surface area is 154 Å². The van der Waals surface area contributed by atoms with Crippen LogP contribution in [0.25, 0.3) is 28.0 Å². The highest BCUT2D eigenvalue weighted by atomic mass is 16.3. The molecule has 3 aromatic heterocycles. The van der Waals surface area contributed by atoms with Crippen molar-refractivity contribution in [1.29, 1.82) is 0 Å². The molecule has 0 bridgehead atoms. The number of aryl methyl sites for hydroxylation is 1. The van der Waals surface area contributed by atoms with E-state index in [-0.39, 0.29) is 17.0 Å². The molecule has 0 saturated heterocycles. The van der Waals surface area contributed by atoms with E-state index in [1.54, 1.807) is 48.2 Å². The second-order valence-corrected chi connectivity index (χ2v) is 6.44. The van der Waals surface area contributed by atoms with E-state index in [0.29, 0.717) is 22.5 Å². The van der Waals surface area contributed by atoms with E-state index in [1.807, 2.05) is 6.92 Å². The Morgan fingerprint density at radius 1 is 1.26 bits per heavy atom. The van der Waals surface area contributed by atoms with Crippen molar-refractivity contribution < 1.29 is 9.90 Å². The lowest BCUT2D eigenvalue weighted by Gasteiger charge is -2.16. The van der Waals surface area contributed by atoms with E-state index < -0.39 is 5.91 Å². The number of aromatic amines is 1. The normalized spacial score (nSPS) is 11.2. The van der Waals surface area contributed by atoms with Crippen LogP contribution in [-0.2, 0) is 0 Å². The molecule has 8 heteroatoms. The van der Waals surface area contributed by atoms with Crippen LogP contribution in [0.3, 0.4) is 0 Å². The SMILES string of the molecule is Cc1ccc(O)c(C)c1-c1cn2cc(-c3cn[nH]c3)nc2c(C(N)=O)c1N. The highest BCUT2D eigenvalue weighted by molar-refractivity contribution is 6.07. The first-order chi connectivity index (χ1) is 12.9. The number of amides is 1. The molecule has 0 aliphatic carbocycles. The van der Waals surface area contributed by atoms with Crippen molar-refractivity contribution in [2.24, 2.45) is 5.73 Å². The van der Waals surface area contributed by atoms with Crippen molar-refractivity contribution in [1.82, 2.24) is 19.6 Å². The third kappa shape index (κ3) is 2.50. The number of primary amides is 1. The van der Waals surface area contributed by atoms with Gasteiger partial charge in [-0.3, -0.25) is 9.89 Å². The lowest BCUT2D eigenvalue weighted by Crippen LogP contribution is -2.16. The number of anilines is 1. The fourth-order valence-electron chi connectivity index (χ4n) is 3.36. The number of nitrogens with two attached hydrogens (primary N) is 2. The van der Waals surface area contributed by atoms with Crippen LogP contribution in [0, 0.1) is 13.8 Å². The molecule has 27 heavy (non-hydrogen) atoms. The summed E-state index contributed by atoms with van der Waals surface area (Å²) in [5.74, 6) is -0.514. The number of aromatic hydroxyl groups is 1. The molecule has 136 valence electrons. The zero-order valence-electron chi connectivity index (χ0n) is 14.8. The van der Waals surface area contributed by atoms with Crippen LogP contribution in [0.5, 0.6) is 5.75 Å². The van der Waals surface area contributed by atoms with Gasteiger partial charge in [-0.25, -0.2) is 4.98 Å². The number of aromatic nitrogens is 4. The van der Waals surface area contributed by atoms with Gasteiger partial charge < -0.3 is 21.0 Å². The number of fused-ring (bicyclic) bond motifs is 1. The van der Waals surface area contributed by atoms with Gasteiger partial charge in [0, 0.05) is 29.7 Å². The molecule has 6 N–H and O–H groups in total. The zero-order valence-corrected chi connectivity index (χ0v) is 14.8. The maximum Gasteiger partial charge on any atom is 0.254 e. The number of hydrogen-bond donors (Lipinski definition) is 4. The van der Waals surface area contributed by atoms with Crippen LogP contribution in [0.15, 0.2) is 36.9 Å². The van der Waals surface area contributed by atoms with E-state index >= 15 is 0 Å². The molecule has 3 heterocycles. The predicted molar refractivity (Wildman–Crippen MR) is 102 cm³/mol. The van der Waals surface area contributed by atoms with Crippen LogP contribution in [-0.4, -0.2) is 30.6 Å². The first-order valence-electron chi connectivity index (χ1n) is 8.28. The number of hydrogen-bond acceptors (Lipinski definition) is 5. The number of carbonyl (C=O) groups is 1. The standard InChI is InChI=1S/C19H18N6O2/c1-9-3-4-14(26)10(2)15(9)12-7-25-8-13(11-5-22-23-6-11)24-19(25)16(17(12)20)18(21)27/h3-8,26H,20H2,1-2H3,(H2,21,27)(H,22,23). The van der Waals surface area contributed by atoms with E-state index in [1.165, 1.54) is 0 Å². The summed E-state index contributed by atoms with van der Waals surface area (Å²) < 4.78 is 1.72. The first-order valence-corrected chi connectivity index (χ1v) is 8.28. The molecule has 0 radical (unpaired) electrons. The van der Waals surface area contributed by atoms with Gasteiger partial charge >= 0.3 is 0 Å². The van der Waals surface area contributed by atoms with Crippen LogP contribution in [0.1, 0.15) is 21.5 Å². The van der Waals surface area contributed by atoms with Crippen molar-refractivity contribution in [3.63, 3.8) is 0 Å². The summed E-state index contributed by atoms with van der Waals surface area (Å²) >= 11 is 0. The summed E-state index contributed by atoms with van der Waals surface area (Å²) in [6, 6.07) is 3.43. The van der Waals surface area contributed by atoms with E-state index in [2.05, 4.69) is 15.2 Å². The number of pyridine rings is 1. The quantitative estimate of drug-likeness (QED) is 0.444. The van der Waals surface area contributed by atoms with Gasteiger partial charge in [0.25, 0.3) is 5.91 Å². The molecule has 0 spiro atoms. The van der Waals surface area contributed by atoms with Gasteiger partial charge in [-0.1, -0.05) is 6.07 Å². The van der Waals surface area contributed by atoms with Crippen molar-refractivity contribution in [3.8, 4) is 28.1 Å². The van der Waals surface area contributed by atoms with Gasteiger partial charge in [0.15, 0.2) is 5.65 Å². The molecular formula is C19H18N6O2. The molecule has 0 fully saturated rings. The molecule has 1 aromatic carbocycles. The monoisotopic (exact) mass is 362 g/mol. The Bertz CT molecular complexity index is 1190. The zero-order chi connectivity index (χ0) is 19.3. The predicted octanol–water partition coefficient (Wildman–Crippen LogP) is 2.39. The second-order valence-electron chi connectivity index (χ2n) is 6.44. The molecule has 0 atom stereocenters. The molecule has 0 aliphatic heterocycles. The maximum atomic E-state index is 12.2. The second kappa shape index (κ2) is 5.87. The number of nitrogens with zero attached hydrogens (tertiary/aromatic N) is 3. The Kier molecular flexibility index (Phi) is 3.62. The molecule has 8 nitrogen and oxygen atoms in total. The van der Waals surface area contributed by atoms with Crippen LogP contribution in [0.4, 0.5) is 5.69 Å². The molecule has 4 aromatic rings. The third-order valence-corrected chi connectivity index (χ3v) is 4.74. The summed E-state index contributed by atoms with van der Waals surface area (Å²) in [5, 5.41) is 16.8. The van der Waals surface area contributed by atoms with E-state index in [4.69, 9.17) is 11.5 Å².